The average Bonchev–Trinajstić information content (AvgIpc) is 2.83. The number of nitrogens with one attached hydrogen (secondary N) is 2. The van der Waals surface area contributed by atoms with Crippen molar-refractivity contribution in [2.45, 2.75) is 50.8 Å². The molecule has 0 heterocycles. The van der Waals surface area contributed by atoms with Gasteiger partial charge in [-0.1, -0.05) is 97.9 Å². The molecule has 0 bridgehead atoms. The predicted molar refractivity (Wildman–Crippen MR) is 130 cm³/mol. The maximum absolute atomic E-state index is 12.8. The summed E-state index contributed by atoms with van der Waals surface area (Å²) in [6.45, 7) is 4.52. The van der Waals surface area contributed by atoms with Crippen LogP contribution >= 0.6 is 0 Å². The first-order valence-electron chi connectivity index (χ1n) is 11.4. The number of benzene rings is 3. The Hall–Kier alpha value is -2.95. The van der Waals surface area contributed by atoms with Crippen molar-refractivity contribution >= 4 is 5.91 Å². The Labute approximate surface area is 191 Å². The standard InChI is InChI=1S/C28H34N2O2/c1-21(24-14-8-4-9-15-24)18-28(32)30-26(19-23-12-6-3-7-13-23)27(31)20-29-22(2)25-16-10-5-11-17-25/h3-17,21-22,26-27,29,31H,18-20H2,1-2H3,(H,30,32)/t21?,22?,26-,27-/m1/s1. The number of rotatable bonds is 11. The minimum absolute atomic E-state index is 0.0440. The van der Waals surface area contributed by atoms with Crippen LogP contribution in [0.2, 0.25) is 0 Å². The lowest BCUT2D eigenvalue weighted by molar-refractivity contribution is -0.123. The summed E-state index contributed by atoms with van der Waals surface area (Å²) in [7, 11) is 0. The number of amides is 1. The lowest BCUT2D eigenvalue weighted by atomic mass is 9.96. The molecular formula is C28H34N2O2. The number of aliphatic hydroxyl groups is 1. The molecule has 0 aromatic heterocycles. The number of carbonyl (C=O) groups excluding carboxylic acids is 1. The van der Waals surface area contributed by atoms with Gasteiger partial charge in [-0.15, -0.1) is 0 Å². The van der Waals surface area contributed by atoms with Crippen molar-refractivity contribution in [2.75, 3.05) is 6.54 Å². The lowest BCUT2D eigenvalue weighted by Gasteiger charge is -2.27. The molecule has 3 aromatic carbocycles. The van der Waals surface area contributed by atoms with Crippen molar-refractivity contribution in [3.05, 3.63) is 108 Å². The van der Waals surface area contributed by atoms with Crippen LogP contribution in [0.4, 0.5) is 0 Å². The van der Waals surface area contributed by atoms with E-state index in [1.54, 1.807) is 0 Å². The van der Waals surface area contributed by atoms with Gasteiger partial charge in [0.15, 0.2) is 0 Å². The van der Waals surface area contributed by atoms with Gasteiger partial charge in [-0.05, 0) is 36.0 Å². The average molecular weight is 431 g/mol. The van der Waals surface area contributed by atoms with Crippen molar-refractivity contribution in [2.24, 2.45) is 0 Å². The van der Waals surface area contributed by atoms with E-state index in [0.29, 0.717) is 19.4 Å². The smallest absolute Gasteiger partial charge is 0.220 e. The molecule has 0 aliphatic heterocycles. The zero-order valence-corrected chi connectivity index (χ0v) is 18.9. The molecule has 2 unspecified atom stereocenters. The van der Waals surface area contributed by atoms with Gasteiger partial charge >= 0.3 is 0 Å². The number of aliphatic hydroxyl groups excluding tert-OH is 1. The normalized spacial score (nSPS) is 14.8. The highest BCUT2D eigenvalue weighted by Gasteiger charge is 2.23. The summed E-state index contributed by atoms with van der Waals surface area (Å²) in [5, 5.41) is 17.5. The molecule has 168 valence electrons. The third-order valence-electron chi connectivity index (χ3n) is 5.90. The molecule has 0 fully saturated rings. The lowest BCUT2D eigenvalue weighted by Crippen LogP contribution is -2.49. The van der Waals surface area contributed by atoms with Gasteiger partial charge in [0, 0.05) is 19.0 Å². The summed E-state index contributed by atoms with van der Waals surface area (Å²) in [6, 6.07) is 29.9. The van der Waals surface area contributed by atoms with E-state index in [2.05, 4.69) is 36.6 Å². The Morgan fingerprint density at radius 1 is 0.812 bits per heavy atom. The molecule has 3 rings (SSSR count). The molecule has 0 saturated carbocycles. The molecular weight excluding hydrogens is 396 g/mol. The zero-order valence-electron chi connectivity index (χ0n) is 18.9. The Balaban J connectivity index is 1.62. The fourth-order valence-electron chi connectivity index (χ4n) is 3.89. The van der Waals surface area contributed by atoms with Crippen LogP contribution in [0.1, 0.15) is 48.9 Å². The number of hydrogen-bond donors (Lipinski definition) is 3. The summed E-state index contributed by atoms with van der Waals surface area (Å²) in [5.74, 6) is 0.0689. The fraction of sp³-hybridized carbons (Fsp3) is 0.321. The van der Waals surface area contributed by atoms with Crippen molar-refractivity contribution in [1.82, 2.24) is 10.6 Å². The van der Waals surface area contributed by atoms with Gasteiger partial charge in [0.2, 0.25) is 5.91 Å². The molecule has 0 spiro atoms. The number of hydrogen-bond acceptors (Lipinski definition) is 3. The monoisotopic (exact) mass is 430 g/mol. The highest BCUT2D eigenvalue weighted by atomic mass is 16.3. The largest absolute Gasteiger partial charge is 0.390 e. The van der Waals surface area contributed by atoms with Gasteiger partial charge in [0.1, 0.15) is 0 Å². The Morgan fingerprint density at radius 3 is 1.94 bits per heavy atom. The van der Waals surface area contributed by atoms with E-state index in [0.717, 1.165) is 11.1 Å². The molecule has 4 atom stereocenters. The van der Waals surface area contributed by atoms with Gasteiger partial charge in [0.25, 0.3) is 0 Å². The van der Waals surface area contributed by atoms with Gasteiger partial charge in [0.05, 0.1) is 12.1 Å². The second-order valence-corrected chi connectivity index (χ2v) is 8.49. The molecule has 0 aliphatic rings. The first-order chi connectivity index (χ1) is 15.5. The van der Waals surface area contributed by atoms with Crippen molar-refractivity contribution in [3.8, 4) is 0 Å². The molecule has 1 amide bonds. The van der Waals surface area contributed by atoms with Gasteiger partial charge in [-0.3, -0.25) is 4.79 Å². The topological polar surface area (TPSA) is 61.4 Å². The Kier molecular flexibility index (Phi) is 9.02. The summed E-state index contributed by atoms with van der Waals surface area (Å²) in [6.07, 6.45) is 0.252. The minimum atomic E-state index is -0.711. The van der Waals surface area contributed by atoms with Crippen LogP contribution in [0.5, 0.6) is 0 Å². The highest BCUT2D eigenvalue weighted by molar-refractivity contribution is 5.77. The van der Waals surface area contributed by atoms with E-state index >= 15 is 0 Å². The first kappa shape index (κ1) is 23.7. The van der Waals surface area contributed by atoms with Crippen molar-refractivity contribution in [3.63, 3.8) is 0 Å². The van der Waals surface area contributed by atoms with Crippen LogP contribution in [0.15, 0.2) is 91.0 Å². The third kappa shape index (κ3) is 7.33. The van der Waals surface area contributed by atoms with Crippen LogP contribution in [-0.2, 0) is 11.2 Å². The van der Waals surface area contributed by atoms with Gasteiger partial charge in [-0.2, -0.15) is 0 Å². The maximum atomic E-state index is 12.8. The van der Waals surface area contributed by atoms with E-state index in [1.165, 1.54) is 5.56 Å². The highest BCUT2D eigenvalue weighted by Crippen LogP contribution is 2.19. The second-order valence-electron chi connectivity index (χ2n) is 8.49. The SMILES string of the molecule is CC(CC(=O)N[C@H](Cc1ccccc1)[C@H](O)CNC(C)c1ccccc1)c1ccccc1. The Morgan fingerprint density at radius 2 is 1.34 bits per heavy atom. The molecule has 4 nitrogen and oxygen atoms in total. The third-order valence-corrected chi connectivity index (χ3v) is 5.90. The van der Waals surface area contributed by atoms with Crippen molar-refractivity contribution in [1.29, 1.82) is 0 Å². The Bertz CT molecular complexity index is 931. The molecule has 4 heteroatoms. The van der Waals surface area contributed by atoms with E-state index < -0.39 is 6.10 Å². The van der Waals surface area contributed by atoms with Crippen LogP contribution < -0.4 is 10.6 Å². The van der Waals surface area contributed by atoms with Crippen LogP contribution in [0.3, 0.4) is 0 Å². The van der Waals surface area contributed by atoms with E-state index in [1.807, 2.05) is 78.9 Å². The zero-order chi connectivity index (χ0) is 22.8. The molecule has 3 N–H and O–H groups in total. The van der Waals surface area contributed by atoms with Crippen LogP contribution in [-0.4, -0.2) is 29.7 Å². The molecule has 32 heavy (non-hydrogen) atoms. The molecule has 0 saturated heterocycles. The van der Waals surface area contributed by atoms with Gasteiger partial charge < -0.3 is 15.7 Å². The predicted octanol–water partition coefficient (Wildman–Crippen LogP) is 4.62. The summed E-state index contributed by atoms with van der Waals surface area (Å²) < 4.78 is 0. The molecule has 3 aromatic rings. The molecule has 0 radical (unpaired) electrons. The van der Waals surface area contributed by atoms with Crippen LogP contribution in [0, 0.1) is 0 Å². The van der Waals surface area contributed by atoms with E-state index in [4.69, 9.17) is 0 Å². The summed E-state index contributed by atoms with van der Waals surface area (Å²) >= 11 is 0. The molecule has 0 aliphatic carbocycles. The second kappa shape index (κ2) is 12.2. The summed E-state index contributed by atoms with van der Waals surface area (Å²) in [5.41, 5.74) is 3.39. The minimum Gasteiger partial charge on any atom is -0.390 e. The van der Waals surface area contributed by atoms with E-state index in [9.17, 15) is 9.90 Å². The van der Waals surface area contributed by atoms with E-state index in [-0.39, 0.29) is 23.9 Å². The maximum Gasteiger partial charge on any atom is 0.220 e. The quantitative estimate of drug-likeness (QED) is 0.416. The van der Waals surface area contributed by atoms with Crippen LogP contribution in [0.25, 0.3) is 0 Å². The van der Waals surface area contributed by atoms with Gasteiger partial charge in [-0.25, -0.2) is 0 Å². The first-order valence-corrected chi connectivity index (χ1v) is 11.4. The van der Waals surface area contributed by atoms with Crippen molar-refractivity contribution < 1.29 is 9.90 Å². The summed E-state index contributed by atoms with van der Waals surface area (Å²) in [4.78, 5) is 12.8. The fourth-order valence-corrected chi connectivity index (χ4v) is 3.89. The number of carbonyl (C=O) groups is 1.